The maximum absolute atomic E-state index is 12.5. The summed E-state index contributed by atoms with van der Waals surface area (Å²) in [5.41, 5.74) is 2.00. The van der Waals surface area contributed by atoms with Crippen LogP contribution in [0.15, 0.2) is 6.07 Å². The van der Waals surface area contributed by atoms with E-state index in [1.165, 1.54) is 16.1 Å². The van der Waals surface area contributed by atoms with Crippen molar-refractivity contribution in [3.63, 3.8) is 0 Å². The molecular formula is C14H24N4O3S. The molecule has 2 rings (SSSR count). The van der Waals surface area contributed by atoms with E-state index in [0.717, 1.165) is 24.2 Å². The molecule has 1 amide bonds. The average Bonchev–Trinajstić information content (AvgIpc) is 2.92. The van der Waals surface area contributed by atoms with Gasteiger partial charge in [0.05, 0.1) is 5.69 Å². The van der Waals surface area contributed by atoms with Crippen LogP contribution in [-0.2, 0) is 14.8 Å². The lowest BCUT2D eigenvalue weighted by Gasteiger charge is -2.32. The molecule has 124 valence electrons. The van der Waals surface area contributed by atoms with E-state index < -0.39 is 15.3 Å². The predicted molar refractivity (Wildman–Crippen MR) is 83.9 cm³/mol. The van der Waals surface area contributed by atoms with Gasteiger partial charge >= 0.3 is 0 Å². The number of sulfonamides is 1. The molecule has 7 nitrogen and oxygen atoms in total. The topological polar surface area (TPSA) is 86.4 Å². The summed E-state index contributed by atoms with van der Waals surface area (Å²) in [6, 6.07) is 2.01. The lowest BCUT2D eigenvalue weighted by atomic mass is 9.95. The minimum absolute atomic E-state index is 0.274. The van der Waals surface area contributed by atoms with Crippen LogP contribution in [0.2, 0.25) is 0 Å². The van der Waals surface area contributed by atoms with Crippen molar-refractivity contribution in [3.05, 3.63) is 17.5 Å². The van der Waals surface area contributed by atoms with E-state index in [2.05, 4.69) is 10.2 Å². The zero-order valence-electron chi connectivity index (χ0n) is 13.5. The van der Waals surface area contributed by atoms with Gasteiger partial charge in [0.2, 0.25) is 15.9 Å². The van der Waals surface area contributed by atoms with Gasteiger partial charge in [0.1, 0.15) is 0 Å². The second-order valence-electron chi connectivity index (χ2n) is 6.07. The molecule has 0 bridgehead atoms. The molecule has 0 aliphatic carbocycles. The van der Waals surface area contributed by atoms with E-state index in [4.69, 9.17) is 0 Å². The summed E-state index contributed by atoms with van der Waals surface area (Å²) in [6.07, 6.45) is 1.46. The van der Waals surface area contributed by atoms with Gasteiger partial charge in [0.25, 0.3) is 0 Å². The number of aromatic nitrogens is 2. The summed E-state index contributed by atoms with van der Waals surface area (Å²) in [5, 5.41) is 6.14. The van der Waals surface area contributed by atoms with Crippen LogP contribution in [0.3, 0.4) is 0 Å². The standard InChI is InChI=1S/C14H24N4O3S/c1-10-9-13(16-15-10)12-5-7-18(8-6-12)22(20,21)11(2)14(19)17(3)4/h9,11-12H,5-8H2,1-4H3,(H,15,16). The molecule has 1 atom stereocenters. The largest absolute Gasteiger partial charge is 0.348 e. The van der Waals surface area contributed by atoms with E-state index in [1.807, 2.05) is 13.0 Å². The van der Waals surface area contributed by atoms with Crippen LogP contribution in [0.5, 0.6) is 0 Å². The quantitative estimate of drug-likeness (QED) is 0.881. The smallest absolute Gasteiger partial charge is 0.241 e. The van der Waals surface area contributed by atoms with Crippen molar-refractivity contribution in [1.29, 1.82) is 0 Å². The van der Waals surface area contributed by atoms with Crippen LogP contribution >= 0.6 is 0 Å². The molecule has 1 aromatic rings. The number of hydrogen-bond acceptors (Lipinski definition) is 4. The Balaban J connectivity index is 2.02. The SMILES string of the molecule is Cc1cc(C2CCN(S(=O)(=O)C(C)C(=O)N(C)C)CC2)n[nH]1. The normalized spacial score (nSPS) is 19.1. The van der Waals surface area contributed by atoms with Crippen LogP contribution in [0.25, 0.3) is 0 Å². The molecule has 1 unspecified atom stereocenters. The summed E-state index contributed by atoms with van der Waals surface area (Å²) in [6.45, 7) is 4.28. The van der Waals surface area contributed by atoms with Crippen LogP contribution in [0.4, 0.5) is 0 Å². The summed E-state index contributed by atoms with van der Waals surface area (Å²) in [7, 11) is -0.453. The predicted octanol–water partition coefficient (Wildman–Crippen LogP) is 0.704. The van der Waals surface area contributed by atoms with E-state index in [1.54, 1.807) is 14.1 Å². The Morgan fingerprint density at radius 1 is 1.41 bits per heavy atom. The van der Waals surface area contributed by atoms with E-state index in [0.29, 0.717) is 13.1 Å². The number of carbonyl (C=O) groups excluding carboxylic acids is 1. The lowest BCUT2D eigenvalue weighted by molar-refractivity contribution is -0.128. The van der Waals surface area contributed by atoms with E-state index >= 15 is 0 Å². The number of nitrogens with one attached hydrogen (secondary N) is 1. The first kappa shape index (κ1) is 17.0. The fourth-order valence-corrected chi connectivity index (χ4v) is 4.40. The molecule has 1 aliphatic rings. The highest BCUT2D eigenvalue weighted by Crippen LogP contribution is 2.29. The number of amides is 1. The Hall–Kier alpha value is -1.41. The highest BCUT2D eigenvalue weighted by atomic mass is 32.2. The number of aromatic amines is 1. The molecule has 1 N–H and O–H groups in total. The van der Waals surface area contributed by atoms with Gasteiger partial charge in [-0.3, -0.25) is 9.89 Å². The van der Waals surface area contributed by atoms with Gasteiger partial charge in [-0.25, -0.2) is 12.7 Å². The first-order valence-corrected chi connectivity index (χ1v) is 8.96. The van der Waals surface area contributed by atoms with E-state index in [-0.39, 0.29) is 11.8 Å². The first-order valence-electron chi connectivity index (χ1n) is 7.45. The van der Waals surface area contributed by atoms with Gasteiger partial charge in [0.15, 0.2) is 5.25 Å². The second kappa shape index (κ2) is 6.37. The molecule has 22 heavy (non-hydrogen) atoms. The number of carbonyl (C=O) groups is 1. The zero-order valence-corrected chi connectivity index (χ0v) is 14.4. The van der Waals surface area contributed by atoms with Crippen LogP contribution in [-0.4, -0.2) is 66.2 Å². The molecule has 8 heteroatoms. The second-order valence-corrected chi connectivity index (χ2v) is 8.32. The van der Waals surface area contributed by atoms with E-state index in [9.17, 15) is 13.2 Å². The fourth-order valence-electron chi connectivity index (χ4n) is 2.77. The van der Waals surface area contributed by atoms with Crippen molar-refractivity contribution in [2.45, 2.75) is 37.9 Å². The number of aryl methyl sites for hydroxylation is 1. The number of nitrogens with zero attached hydrogens (tertiary/aromatic N) is 3. The summed E-state index contributed by atoms with van der Waals surface area (Å²) < 4.78 is 26.5. The fraction of sp³-hybridized carbons (Fsp3) is 0.714. The Labute approximate surface area is 131 Å². The third-order valence-electron chi connectivity index (χ3n) is 4.19. The highest BCUT2D eigenvalue weighted by Gasteiger charge is 2.37. The summed E-state index contributed by atoms with van der Waals surface area (Å²) in [5.74, 6) is -0.110. The number of piperidine rings is 1. The molecule has 1 saturated heterocycles. The minimum Gasteiger partial charge on any atom is -0.348 e. The van der Waals surface area contributed by atoms with Crippen LogP contribution in [0, 0.1) is 6.92 Å². The van der Waals surface area contributed by atoms with Crippen molar-refractivity contribution < 1.29 is 13.2 Å². The molecule has 0 aromatic carbocycles. The molecule has 0 saturated carbocycles. The minimum atomic E-state index is -3.59. The van der Waals surface area contributed by atoms with Crippen molar-refractivity contribution in [2.24, 2.45) is 0 Å². The van der Waals surface area contributed by atoms with Gasteiger partial charge in [-0.15, -0.1) is 0 Å². The molecule has 0 radical (unpaired) electrons. The monoisotopic (exact) mass is 328 g/mol. The summed E-state index contributed by atoms with van der Waals surface area (Å²) >= 11 is 0. The average molecular weight is 328 g/mol. The van der Waals surface area contributed by atoms with Crippen LogP contribution < -0.4 is 0 Å². The molecule has 2 heterocycles. The number of rotatable bonds is 4. The summed E-state index contributed by atoms with van der Waals surface area (Å²) in [4.78, 5) is 13.2. The highest BCUT2D eigenvalue weighted by molar-refractivity contribution is 7.90. The Kier molecular flexibility index (Phi) is 4.91. The molecule has 1 aliphatic heterocycles. The molecule has 1 fully saturated rings. The van der Waals surface area contributed by atoms with Gasteiger partial charge in [-0.2, -0.15) is 5.10 Å². The van der Waals surface area contributed by atoms with Gasteiger partial charge in [-0.1, -0.05) is 0 Å². The Bertz CT molecular complexity index is 630. The van der Waals surface area contributed by atoms with Crippen molar-refractivity contribution >= 4 is 15.9 Å². The first-order chi connectivity index (χ1) is 10.2. The third-order valence-corrected chi connectivity index (χ3v) is 6.37. The number of hydrogen-bond donors (Lipinski definition) is 1. The van der Waals surface area contributed by atoms with Gasteiger partial charge < -0.3 is 4.90 Å². The molecular weight excluding hydrogens is 304 g/mol. The zero-order chi connectivity index (χ0) is 16.5. The Morgan fingerprint density at radius 3 is 2.45 bits per heavy atom. The maximum Gasteiger partial charge on any atom is 0.241 e. The Morgan fingerprint density at radius 2 is 2.00 bits per heavy atom. The maximum atomic E-state index is 12.5. The van der Waals surface area contributed by atoms with Gasteiger partial charge in [-0.05, 0) is 32.8 Å². The van der Waals surface area contributed by atoms with Gasteiger partial charge in [0, 0.05) is 38.8 Å². The molecule has 0 spiro atoms. The van der Waals surface area contributed by atoms with Crippen molar-refractivity contribution in [3.8, 4) is 0 Å². The molecule has 1 aromatic heterocycles. The third kappa shape index (κ3) is 3.33. The number of H-pyrrole nitrogens is 1. The lowest BCUT2D eigenvalue weighted by Crippen LogP contribution is -2.47. The van der Waals surface area contributed by atoms with Crippen LogP contribution in [0.1, 0.15) is 37.1 Å². The van der Waals surface area contributed by atoms with Crippen molar-refractivity contribution in [1.82, 2.24) is 19.4 Å². The van der Waals surface area contributed by atoms with Crippen molar-refractivity contribution in [2.75, 3.05) is 27.2 Å².